The summed E-state index contributed by atoms with van der Waals surface area (Å²) < 4.78 is 5.66. The van der Waals surface area contributed by atoms with Gasteiger partial charge in [-0.05, 0) is 37.6 Å². The van der Waals surface area contributed by atoms with Gasteiger partial charge in [0.15, 0.2) is 5.13 Å². The van der Waals surface area contributed by atoms with Gasteiger partial charge in [-0.2, -0.15) is 0 Å². The van der Waals surface area contributed by atoms with Crippen LogP contribution >= 0.6 is 11.3 Å². The SMILES string of the molecule is CC[C@H](C)Oc1ccc(C(=O)Nc2nccs2)cc1. The topological polar surface area (TPSA) is 51.2 Å². The van der Waals surface area contributed by atoms with Crippen molar-refractivity contribution in [3.63, 3.8) is 0 Å². The maximum Gasteiger partial charge on any atom is 0.257 e. The summed E-state index contributed by atoms with van der Waals surface area (Å²) in [6.07, 6.45) is 2.78. The van der Waals surface area contributed by atoms with Gasteiger partial charge in [-0.25, -0.2) is 4.98 Å². The first-order chi connectivity index (χ1) is 9.19. The number of carbonyl (C=O) groups excluding carboxylic acids is 1. The molecule has 0 saturated heterocycles. The van der Waals surface area contributed by atoms with E-state index in [2.05, 4.69) is 17.2 Å². The van der Waals surface area contributed by atoms with Gasteiger partial charge in [-0.1, -0.05) is 6.92 Å². The number of anilines is 1. The highest BCUT2D eigenvalue weighted by atomic mass is 32.1. The Morgan fingerprint density at radius 3 is 2.74 bits per heavy atom. The standard InChI is InChI=1S/C14H16N2O2S/c1-3-10(2)18-12-6-4-11(5-7-12)13(17)16-14-15-8-9-19-14/h4-10H,3H2,1-2H3,(H,15,16,17)/t10-/m0/s1. The minimum atomic E-state index is -0.162. The van der Waals surface area contributed by atoms with E-state index >= 15 is 0 Å². The highest BCUT2D eigenvalue weighted by Gasteiger charge is 2.08. The Bertz CT molecular complexity index is 523. The predicted octanol–water partition coefficient (Wildman–Crippen LogP) is 3.57. The summed E-state index contributed by atoms with van der Waals surface area (Å²) in [6.45, 7) is 4.09. The number of aromatic nitrogens is 1. The van der Waals surface area contributed by atoms with Crippen LogP contribution in [0.15, 0.2) is 35.8 Å². The van der Waals surface area contributed by atoms with Crippen LogP contribution in [0, 0.1) is 0 Å². The fourth-order valence-electron chi connectivity index (χ4n) is 1.45. The molecule has 1 N–H and O–H groups in total. The van der Waals surface area contributed by atoms with Gasteiger partial charge in [0.1, 0.15) is 5.75 Å². The number of amides is 1. The van der Waals surface area contributed by atoms with Crippen LogP contribution in [-0.4, -0.2) is 17.0 Å². The first-order valence-electron chi connectivity index (χ1n) is 6.16. The molecular weight excluding hydrogens is 260 g/mol. The van der Waals surface area contributed by atoms with E-state index in [9.17, 15) is 4.79 Å². The van der Waals surface area contributed by atoms with Crippen molar-refractivity contribution in [2.75, 3.05) is 5.32 Å². The van der Waals surface area contributed by atoms with Crippen molar-refractivity contribution in [3.05, 3.63) is 41.4 Å². The van der Waals surface area contributed by atoms with Crippen LogP contribution in [0.4, 0.5) is 5.13 Å². The van der Waals surface area contributed by atoms with E-state index in [4.69, 9.17) is 4.74 Å². The summed E-state index contributed by atoms with van der Waals surface area (Å²) in [5, 5.41) is 5.16. The number of benzene rings is 1. The molecule has 19 heavy (non-hydrogen) atoms. The Morgan fingerprint density at radius 1 is 1.42 bits per heavy atom. The Morgan fingerprint density at radius 2 is 2.16 bits per heavy atom. The van der Waals surface area contributed by atoms with Crippen LogP contribution in [0.3, 0.4) is 0 Å². The molecule has 2 rings (SSSR count). The van der Waals surface area contributed by atoms with Gasteiger partial charge in [0, 0.05) is 17.1 Å². The normalized spacial score (nSPS) is 11.9. The summed E-state index contributed by atoms with van der Waals surface area (Å²) in [5.41, 5.74) is 0.590. The lowest BCUT2D eigenvalue weighted by atomic mass is 10.2. The second-order valence-electron chi connectivity index (χ2n) is 4.15. The Hall–Kier alpha value is -1.88. The molecule has 0 spiro atoms. The molecular formula is C14H16N2O2S. The van der Waals surface area contributed by atoms with Crippen LogP contribution in [0.5, 0.6) is 5.75 Å². The lowest BCUT2D eigenvalue weighted by Gasteiger charge is -2.12. The van der Waals surface area contributed by atoms with Crippen LogP contribution in [0.2, 0.25) is 0 Å². The molecule has 1 aromatic carbocycles. The second kappa shape index (κ2) is 6.33. The molecule has 1 atom stereocenters. The van der Waals surface area contributed by atoms with Gasteiger partial charge < -0.3 is 4.74 Å². The molecule has 0 saturated carbocycles. The highest BCUT2D eigenvalue weighted by molar-refractivity contribution is 7.13. The number of nitrogens with zero attached hydrogens (tertiary/aromatic N) is 1. The fourth-order valence-corrected chi connectivity index (χ4v) is 1.98. The summed E-state index contributed by atoms with van der Waals surface area (Å²) in [4.78, 5) is 15.9. The molecule has 4 nitrogen and oxygen atoms in total. The van der Waals surface area contributed by atoms with Crippen LogP contribution < -0.4 is 10.1 Å². The van der Waals surface area contributed by atoms with Crippen LogP contribution in [0.25, 0.3) is 0 Å². The number of hydrogen-bond donors (Lipinski definition) is 1. The van der Waals surface area contributed by atoms with Gasteiger partial charge in [-0.3, -0.25) is 10.1 Å². The van der Waals surface area contributed by atoms with Crippen molar-refractivity contribution in [2.24, 2.45) is 0 Å². The smallest absolute Gasteiger partial charge is 0.257 e. The predicted molar refractivity (Wildman–Crippen MR) is 76.9 cm³/mol. The number of hydrogen-bond acceptors (Lipinski definition) is 4. The van der Waals surface area contributed by atoms with Crippen molar-refractivity contribution >= 4 is 22.4 Å². The zero-order valence-corrected chi connectivity index (χ0v) is 11.7. The molecule has 0 unspecified atom stereocenters. The van der Waals surface area contributed by atoms with E-state index in [0.29, 0.717) is 10.7 Å². The molecule has 1 aromatic heterocycles. The lowest BCUT2D eigenvalue weighted by molar-refractivity contribution is 0.102. The van der Waals surface area contributed by atoms with Crippen molar-refractivity contribution in [3.8, 4) is 5.75 Å². The summed E-state index contributed by atoms with van der Waals surface area (Å²) in [5.74, 6) is 0.616. The molecule has 5 heteroatoms. The molecule has 1 heterocycles. The molecule has 0 aliphatic carbocycles. The monoisotopic (exact) mass is 276 g/mol. The zero-order chi connectivity index (χ0) is 13.7. The third kappa shape index (κ3) is 3.79. The minimum Gasteiger partial charge on any atom is -0.491 e. The molecule has 2 aromatic rings. The summed E-state index contributed by atoms with van der Waals surface area (Å²) in [6, 6.07) is 7.12. The average Bonchev–Trinajstić information content (AvgIpc) is 2.92. The Kier molecular flexibility index (Phi) is 4.52. The minimum absolute atomic E-state index is 0.162. The van der Waals surface area contributed by atoms with Gasteiger partial charge in [0.05, 0.1) is 6.10 Å². The third-order valence-corrected chi connectivity index (χ3v) is 3.37. The molecule has 0 aliphatic rings. The molecule has 0 radical (unpaired) electrons. The second-order valence-corrected chi connectivity index (χ2v) is 5.05. The number of carbonyl (C=O) groups is 1. The van der Waals surface area contributed by atoms with Crippen molar-refractivity contribution in [1.82, 2.24) is 4.98 Å². The molecule has 0 bridgehead atoms. The zero-order valence-electron chi connectivity index (χ0n) is 10.9. The molecule has 0 aliphatic heterocycles. The first kappa shape index (κ1) is 13.5. The quantitative estimate of drug-likeness (QED) is 0.908. The van der Waals surface area contributed by atoms with Crippen molar-refractivity contribution < 1.29 is 9.53 Å². The third-order valence-electron chi connectivity index (χ3n) is 2.68. The molecule has 0 fully saturated rings. The van der Waals surface area contributed by atoms with Gasteiger partial charge in [-0.15, -0.1) is 11.3 Å². The van der Waals surface area contributed by atoms with Gasteiger partial charge in [0.25, 0.3) is 5.91 Å². The highest BCUT2D eigenvalue weighted by Crippen LogP contribution is 2.17. The fraction of sp³-hybridized carbons (Fsp3) is 0.286. The molecule has 100 valence electrons. The molecule has 1 amide bonds. The van der Waals surface area contributed by atoms with E-state index in [-0.39, 0.29) is 12.0 Å². The Labute approximate surface area is 116 Å². The summed E-state index contributed by atoms with van der Waals surface area (Å²) in [7, 11) is 0. The maximum atomic E-state index is 11.9. The van der Waals surface area contributed by atoms with E-state index in [1.165, 1.54) is 11.3 Å². The Balaban J connectivity index is 1.99. The van der Waals surface area contributed by atoms with Crippen LogP contribution in [0.1, 0.15) is 30.6 Å². The first-order valence-corrected chi connectivity index (χ1v) is 7.04. The number of rotatable bonds is 5. The van der Waals surface area contributed by atoms with Crippen molar-refractivity contribution in [2.45, 2.75) is 26.4 Å². The average molecular weight is 276 g/mol. The van der Waals surface area contributed by atoms with E-state index in [1.54, 1.807) is 18.3 Å². The number of thiazole rings is 1. The lowest BCUT2D eigenvalue weighted by Crippen LogP contribution is -2.12. The number of ether oxygens (including phenoxy) is 1. The van der Waals surface area contributed by atoms with Gasteiger partial charge in [0.2, 0.25) is 0 Å². The maximum absolute atomic E-state index is 11.9. The largest absolute Gasteiger partial charge is 0.491 e. The van der Waals surface area contributed by atoms with Crippen molar-refractivity contribution in [1.29, 1.82) is 0 Å². The van der Waals surface area contributed by atoms with E-state index in [1.807, 2.05) is 24.4 Å². The summed E-state index contributed by atoms with van der Waals surface area (Å²) >= 11 is 1.39. The van der Waals surface area contributed by atoms with E-state index in [0.717, 1.165) is 12.2 Å². The number of nitrogens with one attached hydrogen (secondary N) is 1. The van der Waals surface area contributed by atoms with Crippen LogP contribution in [-0.2, 0) is 0 Å². The van der Waals surface area contributed by atoms with Gasteiger partial charge >= 0.3 is 0 Å². The van der Waals surface area contributed by atoms with E-state index < -0.39 is 0 Å².